The topological polar surface area (TPSA) is 3.24 Å². The van der Waals surface area contributed by atoms with E-state index in [1.807, 2.05) is 0 Å². The molecule has 0 radical (unpaired) electrons. The lowest BCUT2D eigenvalue weighted by atomic mass is 9.95. The first-order valence-corrected chi connectivity index (χ1v) is 12.0. The van der Waals surface area contributed by atoms with Crippen LogP contribution in [0.2, 0.25) is 0 Å². The summed E-state index contributed by atoms with van der Waals surface area (Å²) >= 11 is 12.6. The van der Waals surface area contributed by atoms with E-state index in [1.54, 1.807) is 0 Å². The zero-order chi connectivity index (χ0) is 20.8. The van der Waals surface area contributed by atoms with Crippen molar-refractivity contribution < 1.29 is 0 Å². The molecular weight excluding hydrogens is 397 g/mol. The fourth-order valence-corrected chi connectivity index (χ4v) is 5.23. The highest BCUT2D eigenvalue weighted by molar-refractivity contribution is 6.30. The van der Waals surface area contributed by atoms with Crippen LogP contribution >= 0.6 is 23.2 Å². The van der Waals surface area contributed by atoms with E-state index in [0.717, 1.165) is 32.2 Å². The Morgan fingerprint density at radius 3 is 2.00 bits per heavy atom. The van der Waals surface area contributed by atoms with Gasteiger partial charge >= 0.3 is 0 Å². The minimum atomic E-state index is 0.111. The zero-order valence-corrected chi connectivity index (χ0v) is 19.5. The fraction of sp³-hybridized carbons (Fsp3) is 0.538. The van der Waals surface area contributed by atoms with Crippen molar-refractivity contribution in [2.75, 3.05) is 6.54 Å². The molecule has 0 aliphatic heterocycles. The van der Waals surface area contributed by atoms with Gasteiger partial charge in [0.2, 0.25) is 0 Å². The molecule has 3 heteroatoms. The molecule has 3 unspecified atom stereocenters. The number of hydrogen-bond acceptors (Lipinski definition) is 1. The Hall–Kier alpha value is -1.02. The average molecular weight is 432 g/mol. The van der Waals surface area contributed by atoms with Gasteiger partial charge in [-0.2, -0.15) is 0 Å². The predicted octanol–water partition coefficient (Wildman–Crippen LogP) is 7.05. The summed E-state index contributed by atoms with van der Waals surface area (Å²) in [5, 5.41) is 0.222. The lowest BCUT2D eigenvalue weighted by molar-refractivity contribution is 0.158. The monoisotopic (exact) mass is 431 g/mol. The maximum atomic E-state index is 6.31. The Balaban J connectivity index is 1.50. The van der Waals surface area contributed by atoms with Crippen molar-refractivity contribution in [3.05, 3.63) is 71.3 Å². The van der Waals surface area contributed by atoms with E-state index in [2.05, 4.69) is 80.3 Å². The van der Waals surface area contributed by atoms with Crippen LogP contribution in [0.4, 0.5) is 0 Å². The minimum absolute atomic E-state index is 0.111. The first-order chi connectivity index (χ1) is 13.9. The highest BCUT2D eigenvalue weighted by Gasteiger charge is 2.32. The van der Waals surface area contributed by atoms with Crippen molar-refractivity contribution in [2.45, 2.75) is 81.6 Å². The SMILES string of the molecule is CC(C)N(CCc1ccccc1)C(C)CCc1ccc(C2CC(Cl)C(Cl)C2)cc1. The zero-order valence-electron chi connectivity index (χ0n) is 18.0. The summed E-state index contributed by atoms with van der Waals surface area (Å²) in [6.07, 6.45) is 5.41. The summed E-state index contributed by atoms with van der Waals surface area (Å²) in [7, 11) is 0. The van der Waals surface area contributed by atoms with Gasteiger partial charge in [-0.25, -0.2) is 0 Å². The summed E-state index contributed by atoms with van der Waals surface area (Å²) in [5.41, 5.74) is 4.24. The van der Waals surface area contributed by atoms with Gasteiger partial charge in [0.05, 0.1) is 10.8 Å². The third-order valence-electron chi connectivity index (χ3n) is 6.44. The smallest absolute Gasteiger partial charge is 0.0505 e. The van der Waals surface area contributed by atoms with Gasteiger partial charge in [-0.1, -0.05) is 54.6 Å². The Morgan fingerprint density at radius 2 is 1.41 bits per heavy atom. The summed E-state index contributed by atoms with van der Waals surface area (Å²) < 4.78 is 0. The van der Waals surface area contributed by atoms with E-state index in [0.29, 0.717) is 18.0 Å². The van der Waals surface area contributed by atoms with Crippen LogP contribution in [0.3, 0.4) is 0 Å². The van der Waals surface area contributed by atoms with Gasteiger partial charge in [0.1, 0.15) is 0 Å². The summed E-state index contributed by atoms with van der Waals surface area (Å²) in [4.78, 5) is 2.64. The first-order valence-electron chi connectivity index (χ1n) is 11.1. The van der Waals surface area contributed by atoms with Crippen LogP contribution < -0.4 is 0 Å². The van der Waals surface area contributed by atoms with E-state index in [4.69, 9.17) is 23.2 Å². The van der Waals surface area contributed by atoms with Gasteiger partial charge in [0.25, 0.3) is 0 Å². The van der Waals surface area contributed by atoms with Crippen LogP contribution in [-0.2, 0) is 12.8 Å². The Kier molecular flexibility index (Phi) is 8.47. The second-order valence-electron chi connectivity index (χ2n) is 8.90. The highest BCUT2D eigenvalue weighted by Crippen LogP contribution is 2.40. The normalized spacial score (nSPS) is 23.1. The Labute approximate surface area is 187 Å². The largest absolute Gasteiger partial charge is 0.298 e. The van der Waals surface area contributed by atoms with Gasteiger partial charge in [0, 0.05) is 18.6 Å². The molecule has 2 aromatic rings. The van der Waals surface area contributed by atoms with Crippen LogP contribution in [-0.4, -0.2) is 34.3 Å². The Morgan fingerprint density at radius 1 is 0.828 bits per heavy atom. The molecule has 0 N–H and O–H groups in total. The maximum Gasteiger partial charge on any atom is 0.0505 e. The molecule has 3 rings (SSSR count). The van der Waals surface area contributed by atoms with Crippen LogP contribution in [0.15, 0.2) is 54.6 Å². The van der Waals surface area contributed by atoms with Crippen LogP contribution in [0, 0.1) is 0 Å². The number of nitrogens with zero attached hydrogens (tertiary/aromatic N) is 1. The number of rotatable bonds is 9. The lowest BCUT2D eigenvalue weighted by Gasteiger charge is -2.33. The van der Waals surface area contributed by atoms with Gasteiger partial charge in [0.15, 0.2) is 0 Å². The molecule has 0 amide bonds. The molecule has 2 aromatic carbocycles. The number of hydrogen-bond donors (Lipinski definition) is 0. The summed E-state index contributed by atoms with van der Waals surface area (Å²) in [5.74, 6) is 0.516. The second-order valence-corrected chi connectivity index (χ2v) is 10.0. The molecule has 3 atom stereocenters. The van der Waals surface area contributed by atoms with Crippen LogP contribution in [0.1, 0.15) is 62.6 Å². The summed E-state index contributed by atoms with van der Waals surface area (Å²) in [6, 6.07) is 21.1. The number of alkyl halides is 2. The molecule has 1 aliphatic rings. The molecule has 0 bridgehead atoms. The molecule has 158 valence electrons. The van der Waals surface area contributed by atoms with Gasteiger partial charge in [-0.3, -0.25) is 4.90 Å². The van der Waals surface area contributed by atoms with E-state index in [1.165, 1.54) is 23.1 Å². The van der Waals surface area contributed by atoms with E-state index in [9.17, 15) is 0 Å². The average Bonchev–Trinajstić information content (AvgIpc) is 3.06. The van der Waals surface area contributed by atoms with Crippen molar-refractivity contribution in [3.8, 4) is 0 Å². The molecule has 0 aromatic heterocycles. The van der Waals surface area contributed by atoms with E-state index >= 15 is 0 Å². The van der Waals surface area contributed by atoms with Crippen LogP contribution in [0.5, 0.6) is 0 Å². The highest BCUT2D eigenvalue weighted by atomic mass is 35.5. The minimum Gasteiger partial charge on any atom is -0.298 e. The quantitative estimate of drug-likeness (QED) is 0.384. The van der Waals surface area contributed by atoms with E-state index in [-0.39, 0.29) is 10.8 Å². The van der Waals surface area contributed by atoms with Crippen LogP contribution in [0.25, 0.3) is 0 Å². The van der Waals surface area contributed by atoms with E-state index < -0.39 is 0 Å². The maximum absolute atomic E-state index is 6.31. The molecule has 29 heavy (non-hydrogen) atoms. The molecule has 0 spiro atoms. The Bertz CT molecular complexity index is 718. The molecule has 0 heterocycles. The van der Waals surface area contributed by atoms with Crippen molar-refractivity contribution in [2.24, 2.45) is 0 Å². The molecule has 1 nitrogen and oxygen atoms in total. The van der Waals surface area contributed by atoms with Crippen molar-refractivity contribution in [1.82, 2.24) is 4.90 Å². The van der Waals surface area contributed by atoms with Gasteiger partial charge in [-0.05, 0) is 75.5 Å². The van der Waals surface area contributed by atoms with Crippen molar-refractivity contribution in [1.29, 1.82) is 0 Å². The van der Waals surface area contributed by atoms with Crippen molar-refractivity contribution in [3.63, 3.8) is 0 Å². The fourth-order valence-electron chi connectivity index (χ4n) is 4.60. The van der Waals surface area contributed by atoms with Crippen molar-refractivity contribution >= 4 is 23.2 Å². The number of benzene rings is 2. The molecule has 1 saturated carbocycles. The number of aryl methyl sites for hydroxylation is 1. The standard InChI is InChI=1S/C26H35Cl2N/c1-19(2)29(16-15-21-7-5-4-6-8-21)20(3)9-10-22-11-13-23(14-12-22)24-17-25(27)26(28)18-24/h4-8,11-14,19-20,24-26H,9-10,15-18H2,1-3H3. The molecule has 1 fully saturated rings. The number of halogens is 2. The predicted molar refractivity (Wildman–Crippen MR) is 127 cm³/mol. The summed E-state index contributed by atoms with van der Waals surface area (Å²) in [6.45, 7) is 8.11. The lowest BCUT2D eigenvalue weighted by Crippen LogP contribution is -2.40. The molecule has 1 aliphatic carbocycles. The first kappa shape index (κ1) is 22.7. The second kappa shape index (κ2) is 10.8. The van der Waals surface area contributed by atoms with Gasteiger partial charge in [-0.15, -0.1) is 23.2 Å². The molecular formula is C26H35Cl2N. The third-order valence-corrected chi connectivity index (χ3v) is 7.54. The van der Waals surface area contributed by atoms with Gasteiger partial charge < -0.3 is 0 Å². The molecule has 0 saturated heterocycles. The third kappa shape index (κ3) is 6.48.